The first kappa shape index (κ1) is 14.1. The van der Waals surface area contributed by atoms with E-state index >= 15 is 0 Å². The SMILES string of the molecule is CC(C)c1cc([C@H]2CCCN2Cc2ccccc2O)on1. The molecule has 2 heterocycles. The summed E-state index contributed by atoms with van der Waals surface area (Å²) in [6, 6.07) is 9.89. The first-order valence-corrected chi connectivity index (χ1v) is 7.62. The molecular formula is C17H22N2O2. The van der Waals surface area contributed by atoms with Crippen molar-refractivity contribution in [1.82, 2.24) is 10.1 Å². The average molecular weight is 286 g/mol. The van der Waals surface area contributed by atoms with Crippen molar-refractivity contribution in [3.8, 4) is 5.75 Å². The van der Waals surface area contributed by atoms with Crippen molar-refractivity contribution in [2.75, 3.05) is 6.54 Å². The van der Waals surface area contributed by atoms with Gasteiger partial charge in [0.25, 0.3) is 0 Å². The molecule has 1 aromatic carbocycles. The second-order valence-electron chi connectivity index (χ2n) is 6.07. The predicted molar refractivity (Wildman–Crippen MR) is 81.1 cm³/mol. The molecular weight excluding hydrogens is 264 g/mol. The van der Waals surface area contributed by atoms with E-state index in [0.717, 1.165) is 42.9 Å². The summed E-state index contributed by atoms with van der Waals surface area (Å²) < 4.78 is 5.55. The van der Waals surface area contributed by atoms with Crippen LogP contribution in [-0.4, -0.2) is 21.7 Å². The monoisotopic (exact) mass is 286 g/mol. The van der Waals surface area contributed by atoms with Gasteiger partial charge in [-0.2, -0.15) is 0 Å². The molecule has 3 rings (SSSR count). The van der Waals surface area contributed by atoms with Crippen molar-refractivity contribution in [2.45, 2.75) is 45.2 Å². The molecule has 0 spiro atoms. The number of phenols is 1. The highest BCUT2D eigenvalue weighted by Crippen LogP contribution is 2.35. The fourth-order valence-electron chi connectivity index (χ4n) is 2.93. The Labute approximate surface area is 125 Å². The van der Waals surface area contributed by atoms with Crippen molar-refractivity contribution >= 4 is 0 Å². The fraction of sp³-hybridized carbons (Fsp3) is 0.471. The van der Waals surface area contributed by atoms with Gasteiger partial charge >= 0.3 is 0 Å². The third-order valence-corrected chi connectivity index (χ3v) is 4.20. The van der Waals surface area contributed by atoms with Gasteiger partial charge in [-0.05, 0) is 31.4 Å². The second kappa shape index (κ2) is 5.90. The molecule has 0 unspecified atom stereocenters. The lowest BCUT2D eigenvalue weighted by Crippen LogP contribution is -2.22. The van der Waals surface area contributed by atoms with Crippen LogP contribution in [0.15, 0.2) is 34.9 Å². The van der Waals surface area contributed by atoms with Gasteiger partial charge in [0, 0.05) is 18.2 Å². The molecule has 0 aliphatic carbocycles. The lowest BCUT2D eigenvalue weighted by Gasteiger charge is -2.22. The zero-order chi connectivity index (χ0) is 14.8. The van der Waals surface area contributed by atoms with Crippen molar-refractivity contribution < 1.29 is 9.63 Å². The minimum Gasteiger partial charge on any atom is -0.508 e. The molecule has 21 heavy (non-hydrogen) atoms. The molecule has 1 aliphatic heterocycles. The smallest absolute Gasteiger partial charge is 0.154 e. The maximum atomic E-state index is 9.94. The molecule has 1 aliphatic rings. The number of nitrogens with zero attached hydrogens (tertiary/aromatic N) is 2. The van der Waals surface area contributed by atoms with Crippen molar-refractivity contribution in [3.63, 3.8) is 0 Å². The third kappa shape index (κ3) is 2.95. The summed E-state index contributed by atoms with van der Waals surface area (Å²) in [7, 11) is 0. The Balaban J connectivity index is 1.77. The van der Waals surface area contributed by atoms with E-state index in [1.807, 2.05) is 18.2 Å². The standard InChI is InChI=1S/C17H22N2O2/c1-12(2)14-10-17(21-18-14)15-7-5-9-19(15)11-13-6-3-4-8-16(13)20/h3-4,6,8,10,12,15,20H,5,7,9,11H2,1-2H3/t15-/m1/s1. The quantitative estimate of drug-likeness (QED) is 0.927. The number of hydrogen-bond acceptors (Lipinski definition) is 4. The minimum absolute atomic E-state index is 0.268. The van der Waals surface area contributed by atoms with Gasteiger partial charge < -0.3 is 9.63 Å². The highest BCUT2D eigenvalue weighted by molar-refractivity contribution is 5.32. The van der Waals surface area contributed by atoms with Crippen LogP contribution in [0.2, 0.25) is 0 Å². The van der Waals surface area contributed by atoms with Gasteiger partial charge in [0.15, 0.2) is 5.76 Å². The largest absolute Gasteiger partial charge is 0.508 e. The Hall–Kier alpha value is -1.81. The molecule has 1 fully saturated rings. The number of rotatable bonds is 4. The van der Waals surface area contributed by atoms with E-state index < -0.39 is 0 Å². The molecule has 112 valence electrons. The predicted octanol–water partition coefficient (Wildman–Crippen LogP) is 3.84. The number of aromatic hydroxyl groups is 1. The van der Waals surface area contributed by atoms with Crippen LogP contribution in [-0.2, 0) is 6.54 Å². The number of likely N-dealkylation sites (tertiary alicyclic amines) is 1. The zero-order valence-electron chi connectivity index (χ0n) is 12.6. The van der Waals surface area contributed by atoms with Crippen LogP contribution < -0.4 is 0 Å². The lowest BCUT2D eigenvalue weighted by atomic mass is 10.1. The van der Waals surface area contributed by atoms with Crippen molar-refractivity contribution in [1.29, 1.82) is 0 Å². The molecule has 1 atom stereocenters. The van der Waals surface area contributed by atoms with Crippen LogP contribution >= 0.6 is 0 Å². The Morgan fingerprint density at radius 1 is 1.38 bits per heavy atom. The van der Waals surface area contributed by atoms with Crippen molar-refractivity contribution in [2.24, 2.45) is 0 Å². The Kier molecular flexibility index (Phi) is 3.97. The second-order valence-corrected chi connectivity index (χ2v) is 6.07. The molecule has 1 saturated heterocycles. The van der Waals surface area contributed by atoms with E-state index in [2.05, 4.69) is 30.0 Å². The van der Waals surface area contributed by atoms with Crippen LogP contribution in [0, 0.1) is 0 Å². The van der Waals surface area contributed by atoms with Gasteiger partial charge in [0.2, 0.25) is 0 Å². The molecule has 0 amide bonds. The number of aromatic nitrogens is 1. The summed E-state index contributed by atoms with van der Waals surface area (Å²) in [5.74, 6) is 1.70. The summed E-state index contributed by atoms with van der Waals surface area (Å²) in [6.07, 6.45) is 2.23. The topological polar surface area (TPSA) is 49.5 Å². The number of benzene rings is 1. The van der Waals surface area contributed by atoms with Crippen LogP contribution in [0.3, 0.4) is 0 Å². The Morgan fingerprint density at radius 3 is 2.90 bits per heavy atom. The van der Waals surface area contributed by atoms with Gasteiger partial charge in [-0.1, -0.05) is 37.2 Å². The molecule has 0 saturated carbocycles. The van der Waals surface area contributed by atoms with Crippen LogP contribution in [0.1, 0.15) is 55.7 Å². The normalized spacial score (nSPS) is 19.5. The van der Waals surface area contributed by atoms with E-state index in [4.69, 9.17) is 4.52 Å². The zero-order valence-corrected chi connectivity index (χ0v) is 12.6. The summed E-state index contributed by atoms with van der Waals surface area (Å²) in [5.41, 5.74) is 1.98. The minimum atomic E-state index is 0.268. The maximum absolute atomic E-state index is 9.94. The number of hydrogen-bond donors (Lipinski definition) is 1. The van der Waals surface area contributed by atoms with Gasteiger partial charge in [0.05, 0.1) is 11.7 Å². The highest BCUT2D eigenvalue weighted by atomic mass is 16.5. The summed E-state index contributed by atoms with van der Waals surface area (Å²) >= 11 is 0. The molecule has 4 heteroatoms. The van der Waals surface area contributed by atoms with E-state index in [9.17, 15) is 5.11 Å². The summed E-state index contributed by atoms with van der Waals surface area (Å²) in [6.45, 7) is 6.01. The van der Waals surface area contributed by atoms with Gasteiger partial charge in [0.1, 0.15) is 5.75 Å². The Morgan fingerprint density at radius 2 is 2.19 bits per heavy atom. The van der Waals surface area contributed by atoms with Crippen LogP contribution in [0.25, 0.3) is 0 Å². The van der Waals surface area contributed by atoms with Gasteiger partial charge in [-0.3, -0.25) is 4.90 Å². The Bertz CT molecular complexity index is 606. The first-order valence-electron chi connectivity index (χ1n) is 7.62. The maximum Gasteiger partial charge on any atom is 0.154 e. The van der Waals surface area contributed by atoms with Crippen molar-refractivity contribution in [3.05, 3.63) is 47.3 Å². The third-order valence-electron chi connectivity index (χ3n) is 4.20. The molecule has 2 aromatic rings. The van der Waals surface area contributed by atoms with E-state index in [0.29, 0.717) is 11.7 Å². The average Bonchev–Trinajstić information content (AvgIpc) is 3.09. The number of para-hydroxylation sites is 1. The van der Waals surface area contributed by atoms with E-state index in [1.165, 1.54) is 0 Å². The molecule has 1 aromatic heterocycles. The van der Waals surface area contributed by atoms with Crippen LogP contribution in [0.4, 0.5) is 0 Å². The first-order chi connectivity index (χ1) is 10.1. The van der Waals surface area contributed by atoms with E-state index in [1.54, 1.807) is 6.07 Å². The molecule has 0 radical (unpaired) electrons. The molecule has 0 bridgehead atoms. The van der Waals surface area contributed by atoms with Crippen LogP contribution in [0.5, 0.6) is 5.75 Å². The van der Waals surface area contributed by atoms with Gasteiger partial charge in [-0.25, -0.2) is 0 Å². The summed E-state index contributed by atoms with van der Waals surface area (Å²) in [5, 5.41) is 14.1. The lowest BCUT2D eigenvalue weighted by molar-refractivity contribution is 0.204. The number of phenolic OH excluding ortho intramolecular Hbond substituents is 1. The molecule has 1 N–H and O–H groups in total. The van der Waals surface area contributed by atoms with E-state index in [-0.39, 0.29) is 6.04 Å². The summed E-state index contributed by atoms with van der Waals surface area (Å²) in [4.78, 5) is 2.36. The fourth-order valence-corrected chi connectivity index (χ4v) is 2.93. The highest BCUT2D eigenvalue weighted by Gasteiger charge is 2.29. The molecule has 4 nitrogen and oxygen atoms in total. The van der Waals surface area contributed by atoms with Gasteiger partial charge in [-0.15, -0.1) is 0 Å².